The quantitative estimate of drug-likeness (QED) is 0.909. The normalized spacial score (nSPS) is 18.9. The number of aromatic nitrogens is 1. The Morgan fingerprint density at radius 1 is 1.38 bits per heavy atom. The molecule has 6 nitrogen and oxygen atoms in total. The highest BCUT2D eigenvalue weighted by molar-refractivity contribution is 6.01. The Morgan fingerprint density at radius 2 is 2.19 bits per heavy atom. The van der Waals surface area contributed by atoms with E-state index in [2.05, 4.69) is 10.3 Å². The maximum atomic E-state index is 12.2. The molecular weight excluding hydrogens is 270 g/mol. The van der Waals surface area contributed by atoms with Gasteiger partial charge in [0.2, 0.25) is 5.91 Å². The second-order valence-corrected chi connectivity index (χ2v) is 5.50. The van der Waals surface area contributed by atoms with Crippen LogP contribution in [0.1, 0.15) is 32.1 Å². The highest BCUT2D eigenvalue weighted by atomic mass is 16.5. The Morgan fingerprint density at radius 3 is 3.00 bits per heavy atom. The van der Waals surface area contributed by atoms with E-state index in [1.807, 2.05) is 0 Å². The van der Waals surface area contributed by atoms with Crippen molar-refractivity contribution >= 4 is 17.6 Å². The molecule has 1 fully saturated rings. The third-order valence-electron chi connectivity index (χ3n) is 3.93. The fraction of sp³-hybridized carbons (Fsp3) is 0.533. The van der Waals surface area contributed by atoms with Crippen LogP contribution < -0.4 is 15.0 Å². The molecule has 0 aromatic carbocycles. The molecule has 2 aliphatic rings. The monoisotopic (exact) mass is 289 g/mol. The number of nitrogens with zero attached hydrogens (tertiary/aromatic N) is 2. The van der Waals surface area contributed by atoms with Gasteiger partial charge in [-0.15, -0.1) is 0 Å². The van der Waals surface area contributed by atoms with Crippen LogP contribution >= 0.6 is 0 Å². The molecular formula is C15H19N3O3. The summed E-state index contributed by atoms with van der Waals surface area (Å²) >= 11 is 0. The molecule has 6 heteroatoms. The Balaban J connectivity index is 1.66. The van der Waals surface area contributed by atoms with Gasteiger partial charge in [0.05, 0.1) is 0 Å². The molecule has 2 amide bonds. The average molecular weight is 289 g/mol. The Bertz CT molecular complexity index is 541. The van der Waals surface area contributed by atoms with E-state index in [-0.39, 0.29) is 31.0 Å². The van der Waals surface area contributed by atoms with Crippen LogP contribution in [0.3, 0.4) is 0 Å². The lowest BCUT2D eigenvalue weighted by molar-refractivity contribution is -0.125. The molecule has 0 atom stereocenters. The maximum Gasteiger partial charge on any atom is 0.266 e. The van der Waals surface area contributed by atoms with Crippen molar-refractivity contribution in [2.45, 2.75) is 38.1 Å². The van der Waals surface area contributed by atoms with Crippen LogP contribution in [0.4, 0.5) is 5.82 Å². The van der Waals surface area contributed by atoms with Crippen molar-refractivity contribution in [1.29, 1.82) is 0 Å². The van der Waals surface area contributed by atoms with Crippen LogP contribution in [0.25, 0.3) is 0 Å². The first-order valence-electron chi connectivity index (χ1n) is 7.41. The first-order chi connectivity index (χ1) is 10.2. The van der Waals surface area contributed by atoms with Gasteiger partial charge in [-0.3, -0.25) is 14.5 Å². The summed E-state index contributed by atoms with van der Waals surface area (Å²) in [7, 11) is 0. The average Bonchev–Trinajstić information content (AvgIpc) is 2.51. The summed E-state index contributed by atoms with van der Waals surface area (Å²) < 4.78 is 5.31. The minimum Gasteiger partial charge on any atom is -0.480 e. The number of amides is 2. The fourth-order valence-electron chi connectivity index (χ4n) is 2.86. The number of nitrogens with one attached hydrogen (secondary N) is 1. The minimum absolute atomic E-state index is 0.00269. The first kappa shape index (κ1) is 13.9. The third-order valence-corrected chi connectivity index (χ3v) is 3.93. The summed E-state index contributed by atoms with van der Waals surface area (Å²) in [5.41, 5.74) is 0. The van der Waals surface area contributed by atoms with Gasteiger partial charge in [-0.1, -0.05) is 19.3 Å². The molecule has 1 aromatic rings. The van der Waals surface area contributed by atoms with E-state index in [0.29, 0.717) is 11.6 Å². The van der Waals surface area contributed by atoms with Crippen LogP contribution in [0, 0.1) is 0 Å². The molecule has 0 bridgehead atoms. The summed E-state index contributed by atoms with van der Waals surface area (Å²) in [6, 6.07) is 3.74. The number of hydrogen-bond donors (Lipinski definition) is 1. The predicted octanol–water partition coefficient (Wildman–Crippen LogP) is 1.26. The van der Waals surface area contributed by atoms with E-state index in [4.69, 9.17) is 4.74 Å². The topological polar surface area (TPSA) is 71.5 Å². The second kappa shape index (κ2) is 6.11. The minimum atomic E-state index is -0.236. The number of pyridine rings is 1. The molecule has 1 aromatic heterocycles. The SMILES string of the molecule is O=C(CN1C(=O)COc2cccnc21)NC1CCCCC1. The molecule has 1 aliphatic heterocycles. The molecule has 3 rings (SSSR count). The third kappa shape index (κ3) is 3.15. The van der Waals surface area contributed by atoms with Crippen LogP contribution in [-0.2, 0) is 9.59 Å². The Labute approximate surface area is 123 Å². The maximum absolute atomic E-state index is 12.2. The van der Waals surface area contributed by atoms with Gasteiger partial charge in [-0.25, -0.2) is 4.98 Å². The smallest absolute Gasteiger partial charge is 0.266 e. The van der Waals surface area contributed by atoms with Crippen LogP contribution in [-0.4, -0.2) is 36.0 Å². The van der Waals surface area contributed by atoms with E-state index < -0.39 is 0 Å². The zero-order valence-corrected chi connectivity index (χ0v) is 11.9. The molecule has 0 radical (unpaired) electrons. The van der Waals surface area contributed by atoms with E-state index in [0.717, 1.165) is 25.7 Å². The number of hydrogen-bond acceptors (Lipinski definition) is 4. The lowest BCUT2D eigenvalue weighted by Crippen LogP contribution is -2.47. The van der Waals surface area contributed by atoms with Gasteiger partial charge in [0.25, 0.3) is 5.91 Å². The van der Waals surface area contributed by atoms with Gasteiger partial charge >= 0.3 is 0 Å². The highest BCUT2D eigenvalue weighted by Gasteiger charge is 2.29. The van der Waals surface area contributed by atoms with Gasteiger partial charge in [0, 0.05) is 12.2 Å². The molecule has 1 N–H and O–H groups in total. The van der Waals surface area contributed by atoms with Gasteiger partial charge in [0.15, 0.2) is 18.2 Å². The molecule has 0 unspecified atom stereocenters. The second-order valence-electron chi connectivity index (χ2n) is 5.50. The largest absolute Gasteiger partial charge is 0.480 e. The number of anilines is 1. The van der Waals surface area contributed by atoms with Gasteiger partial charge in [-0.05, 0) is 25.0 Å². The van der Waals surface area contributed by atoms with Crippen molar-refractivity contribution in [3.8, 4) is 5.75 Å². The molecule has 112 valence electrons. The fourth-order valence-corrected chi connectivity index (χ4v) is 2.86. The van der Waals surface area contributed by atoms with Crippen LogP contribution in [0.2, 0.25) is 0 Å². The number of carbonyl (C=O) groups excluding carboxylic acids is 2. The number of rotatable bonds is 3. The molecule has 21 heavy (non-hydrogen) atoms. The van der Waals surface area contributed by atoms with Crippen LogP contribution in [0.5, 0.6) is 5.75 Å². The lowest BCUT2D eigenvalue weighted by Gasteiger charge is -2.29. The number of ether oxygens (including phenoxy) is 1. The number of fused-ring (bicyclic) bond motifs is 1. The van der Waals surface area contributed by atoms with E-state index in [1.165, 1.54) is 11.3 Å². The standard InChI is InChI=1S/C15H19N3O3/c19-13(17-11-5-2-1-3-6-11)9-18-14(20)10-21-12-7-4-8-16-15(12)18/h4,7-8,11H,1-3,5-6,9-10H2,(H,17,19). The zero-order chi connectivity index (χ0) is 14.7. The zero-order valence-electron chi connectivity index (χ0n) is 11.9. The molecule has 1 saturated carbocycles. The van der Waals surface area contributed by atoms with Gasteiger partial charge in [-0.2, -0.15) is 0 Å². The highest BCUT2D eigenvalue weighted by Crippen LogP contribution is 2.28. The predicted molar refractivity (Wildman–Crippen MR) is 77.1 cm³/mol. The van der Waals surface area contributed by atoms with E-state index in [9.17, 15) is 9.59 Å². The summed E-state index contributed by atoms with van der Waals surface area (Å²) in [5, 5.41) is 3.02. The lowest BCUT2D eigenvalue weighted by atomic mass is 9.95. The van der Waals surface area contributed by atoms with Crippen molar-refractivity contribution in [3.05, 3.63) is 18.3 Å². The summed E-state index contributed by atoms with van der Waals surface area (Å²) in [4.78, 5) is 29.7. The van der Waals surface area contributed by atoms with Crippen molar-refractivity contribution in [3.63, 3.8) is 0 Å². The van der Waals surface area contributed by atoms with Gasteiger partial charge in [0.1, 0.15) is 6.54 Å². The first-order valence-corrected chi connectivity index (χ1v) is 7.41. The number of carbonyl (C=O) groups is 2. The Kier molecular flexibility index (Phi) is 4.03. The molecule has 0 spiro atoms. The summed E-state index contributed by atoms with van der Waals surface area (Å²) in [5.74, 6) is 0.601. The summed E-state index contributed by atoms with van der Waals surface area (Å²) in [6.45, 7) is -0.0435. The molecule has 0 saturated heterocycles. The Hall–Kier alpha value is -2.11. The molecule has 1 aliphatic carbocycles. The molecule has 2 heterocycles. The van der Waals surface area contributed by atoms with E-state index >= 15 is 0 Å². The van der Waals surface area contributed by atoms with Crippen molar-refractivity contribution in [2.24, 2.45) is 0 Å². The van der Waals surface area contributed by atoms with E-state index in [1.54, 1.807) is 18.3 Å². The van der Waals surface area contributed by atoms with Crippen molar-refractivity contribution in [2.75, 3.05) is 18.1 Å². The van der Waals surface area contributed by atoms with Crippen molar-refractivity contribution in [1.82, 2.24) is 10.3 Å². The van der Waals surface area contributed by atoms with Crippen molar-refractivity contribution < 1.29 is 14.3 Å². The van der Waals surface area contributed by atoms with Crippen LogP contribution in [0.15, 0.2) is 18.3 Å². The van der Waals surface area contributed by atoms with Gasteiger partial charge < -0.3 is 10.1 Å². The summed E-state index contributed by atoms with van der Waals surface area (Å²) in [6.07, 6.45) is 7.20.